The lowest BCUT2D eigenvalue weighted by atomic mass is 9.89. The van der Waals surface area contributed by atoms with E-state index in [-0.39, 0.29) is 39.5 Å². The maximum Gasteiger partial charge on any atom is 0.271 e. The van der Waals surface area contributed by atoms with Crippen LogP contribution < -0.4 is 10.9 Å². The van der Waals surface area contributed by atoms with E-state index in [9.17, 15) is 19.2 Å². The minimum absolute atomic E-state index is 0.145. The van der Waals surface area contributed by atoms with E-state index in [0.717, 1.165) is 18.4 Å². The van der Waals surface area contributed by atoms with Crippen molar-refractivity contribution in [2.75, 3.05) is 18.4 Å². The van der Waals surface area contributed by atoms with Gasteiger partial charge in [-0.2, -0.15) is 5.26 Å². The van der Waals surface area contributed by atoms with Crippen LogP contribution in [0.5, 0.6) is 0 Å². The Balaban J connectivity index is 1.61. The van der Waals surface area contributed by atoms with Crippen LogP contribution in [0.4, 0.5) is 15.8 Å². The van der Waals surface area contributed by atoms with E-state index in [1.807, 2.05) is 6.07 Å². The molecule has 9 heteroatoms. The zero-order chi connectivity index (χ0) is 24.4. The molecule has 34 heavy (non-hydrogen) atoms. The molecule has 3 aromatic rings. The first-order chi connectivity index (χ1) is 16.3. The number of aromatic nitrogens is 1. The average molecular weight is 499 g/mol. The van der Waals surface area contributed by atoms with Gasteiger partial charge in [-0.3, -0.25) is 9.59 Å². The van der Waals surface area contributed by atoms with Gasteiger partial charge in [0.15, 0.2) is 0 Å². The minimum atomic E-state index is -0.469. The molecule has 2 heterocycles. The van der Waals surface area contributed by atoms with Gasteiger partial charge in [0.1, 0.15) is 16.9 Å². The van der Waals surface area contributed by atoms with Crippen molar-refractivity contribution < 1.29 is 9.18 Å². The molecule has 1 aromatic heterocycles. The molecule has 174 valence electrons. The molecule has 0 radical (unpaired) electrons. The highest BCUT2D eigenvalue weighted by atomic mass is 35.5. The first-order valence-corrected chi connectivity index (χ1v) is 11.4. The number of carbonyl (C=O) groups excluding carboxylic acids is 1. The third-order valence-corrected chi connectivity index (χ3v) is 6.62. The number of pyridine rings is 1. The van der Waals surface area contributed by atoms with Crippen molar-refractivity contribution in [3.05, 3.63) is 91.6 Å². The molecule has 0 spiro atoms. The fraction of sp³-hybridized carbons (Fsp3) is 0.240. The number of hydrogen-bond acceptors (Lipinski definition) is 4. The predicted molar refractivity (Wildman–Crippen MR) is 130 cm³/mol. The summed E-state index contributed by atoms with van der Waals surface area (Å²) >= 11 is 12.4. The van der Waals surface area contributed by atoms with E-state index in [0.29, 0.717) is 23.8 Å². The lowest BCUT2D eigenvalue weighted by molar-refractivity contribution is 0.0713. The van der Waals surface area contributed by atoms with E-state index in [2.05, 4.69) is 5.32 Å². The number of rotatable bonds is 4. The molecule has 1 fully saturated rings. The van der Waals surface area contributed by atoms with Crippen molar-refractivity contribution >= 4 is 40.5 Å². The van der Waals surface area contributed by atoms with E-state index in [4.69, 9.17) is 23.2 Å². The third-order valence-electron chi connectivity index (χ3n) is 6.04. The van der Waals surface area contributed by atoms with Gasteiger partial charge >= 0.3 is 0 Å². The fourth-order valence-electron chi connectivity index (χ4n) is 4.16. The van der Waals surface area contributed by atoms with Crippen LogP contribution in [0.1, 0.15) is 40.2 Å². The quantitative estimate of drug-likeness (QED) is 0.517. The molecular formula is C25H21Cl2FN4O2. The Labute approximate surface area is 206 Å². The summed E-state index contributed by atoms with van der Waals surface area (Å²) in [6.45, 7) is 1.01. The zero-order valence-electron chi connectivity index (χ0n) is 18.3. The summed E-state index contributed by atoms with van der Waals surface area (Å²) in [6, 6.07) is 13.2. The van der Waals surface area contributed by atoms with E-state index in [1.54, 1.807) is 29.2 Å². The third kappa shape index (κ3) is 4.79. The van der Waals surface area contributed by atoms with Crippen LogP contribution in [0.3, 0.4) is 0 Å². The molecular weight excluding hydrogens is 478 g/mol. The lowest BCUT2D eigenvalue weighted by Crippen LogP contribution is -2.39. The highest BCUT2D eigenvalue weighted by molar-refractivity contribution is 6.34. The van der Waals surface area contributed by atoms with E-state index >= 15 is 0 Å². The first kappa shape index (κ1) is 23.8. The molecule has 1 saturated heterocycles. The summed E-state index contributed by atoms with van der Waals surface area (Å²) in [6.07, 6.45) is 2.91. The largest absolute Gasteiger partial charge is 0.352 e. The van der Waals surface area contributed by atoms with Gasteiger partial charge in [-0.1, -0.05) is 35.3 Å². The normalized spacial score (nSPS) is 14.0. The lowest BCUT2D eigenvalue weighted by Gasteiger charge is -2.33. The van der Waals surface area contributed by atoms with Gasteiger partial charge < -0.3 is 14.8 Å². The second-order valence-electron chi connectivity index (χ2n) is 8.19. The van der Waals surface area contributed by atoms with Crippen molar-refractivity contribution in [1.82, 2.24) is 9.47 Å². The number of benzene rings is 2. The highest BCUT2D eigenvalue weighted by Gasteiger charge is 2.28. The van der Waals surface area contributed by atoms with Crippen LogP contribution in [-0.4, -0.2) is 28.5 Å². The van der Waals surface area contributed by atoms with Gasteiger partial charge in [0.2, 0.25) is 0 Å². The van der Waals surface area contributed by atoms with Gasteiger partial charge in [-0.05, 0) is 54.7 Å². The van der Waals surface area contributed by atoms with Gasteiger partial charge in [-0.15, -0.1) is 0 Å². The second kappa shape index (κ2) is 9.88. The molecule has 0 bridgehead atoms. The molecule has 1 aliphatic rings. The molecule has 1 N–H and O–H groups in total. The minimum Gasteiger partial charge on any atom is -0.352 e. The number of likely N-dealkylation sites (tertiary alicyclic amines) is 1. The maximum atomic E-state index is 13.5. The van der Waals surface area contributed by atoms with Gasteiger partial charge in [0, 0.05) is 31.4 Å². The molecule has 0 atom stereocenters. The van der Waals surface area contributed by atoms with Crippen LogP contribution >= 0.6 is 23.2 Å². The molecule has 1 aliphatic heterocycles. The number of anilines is 2. The maximum absolute atomic E-state index is 13.5. The fourth-order valence-corrected chi connectivity index (χ4v) is 4.61. The number of hydrogen-bond donors (Lipinski definition) is 1. The Morgan fingerprint density at radius 2 is 1.82 bits per heavy atom. The van der Waals surface area contributed by atoms with Crippen molar-refractivity contribution in [2.45, 2.75) is 18.8 Å². The van der Waals surface area contributed by atoms with Crippen molar-refractivity contribution in [3.63, 3.8) is 0 Å². The number of amides is 1. The molecule has 4 rings (SSSR count). The number of halogens is 3. The van der Waals surface area contributed by atoms with Crippen LogP contribution in [0.2, 0.25) is 10.0 Å². The Kier molecular flexibility index (Phi) is 6.92. The Hall–Kier alpha value is -3.34. The highest BCUT2D eigenvalue weighted by Crippen LogP contribution is 2.33. The van der Waals surface area contributed by atoms with Crippen molar-refractivity contribution in [2.24, 2.45) is 7.05 Å². The summed E-state index contributed by atoms with van der Waals surface area (Å²) in [5.41, 5.74) is 1.59. The molecule has 1 amide bonds. The second-order valence-corrected chi connectivity index (χ2v) is 9.01. The smallest absolute Gasteiger partial charge is 0.271 e. The standard InChI is InChI=1S/C25H21Cl2FN4O2/c1-31-14-20(23(22(27)25(31)34)30-21-7-4-18(26)12-17(21)13-29)24(33)32-10-8-16(9-11-32)15-2-5-19(28)6-3-15/h2-7,12,14,16,30H,8-11H2,1H3. The Bertz CT molecular complexity index is 1340. The average Bonchev–Trinajstić information content (AvgIpc) is 2.85. The molecule has 2 aromatic carbocycles. The molecule has 0 unspecified atom stereocenters. The van der Waals surface area contributed by atoms with Crippen molar-refractivity contribution in [1.29, 1.82) is 5.26 Å². The van der Waals surface area contributed by atoms with Crippen molar-refractivity contribution in [3.8, 4) is 6.07 Å². The SMILES string of the molecule is Cn1cc(C(=O)N2CCC(c3ccc(F)cc3)CC2)c(Nc2ccc(Cl)cc2C#N)c(Cl)c1=O. The van der Waals surface area contributed by atoms with Crippen LogP contribution in [0.15, 0.2) is 53.5 Å². The number of piperidine rings is 1. The van der Waals surface area contributed by atoms with Crippen LogP contribution in [0, 0.1) is 17.1 Å². The predicted octanol–water partition coefficient (Wildman–Crippen LogP) is 5.47. The zero-order valence-corrected chi connectivity index (χ0v) is 19.8. The van der Waals surface area contributed by atoms with Crippen LogP contribution in [-0.2, 0) is 7.05 Å². The van der Waals surface area contributed by atoms with Crippen LogP contribution in [0.25, 0.3) is 0 Å². The Morgan fingerprint density at radius 1 is 1.15 bits per heavy atom. The summed E-state index contributed by atoms with van der Waals surface area (Å²) in [4.78, 5) is 27.7. The van der Waals surface area contributed by atoms with E-state index < -0.39 is 5.56 Å². The number of nitriles is 1. The topological polar surface area (TPSA) is 78.1 Å². The monoisotopic (exact) mass is 498 g/mol. The number of nitrogens with one attached hydrogen (secondary N) is 1. The number of aryl methyl sites for hydroxylation is 1. The van der Waals surface area contributed by atoms with E-state index in [1.165, 1.54) is 36.0 Å². The van der Waals surface area contributed by atoms with Gasteiger partial charge in [0.25, 0.3) is 11.5 Å². The number of carbonyl (C=O) groups is 1. The first-order valence-electron chi connectivity index (χ1n) is 10.7. The molecule has 0 aliphatic carbocycles. The summed E-state index contributed by atoms with van der Waals surface area (Å²) in [5, 5.41) is 12.7. The number of nitrogens with zero attached hydrogens (tertiary/aromatic N) is 3. The Morgan fingerprint density at radius 3 is 2.47 bits per heavy atom. The molecule has 6 nitrogen and oxygen atoms in total. The van der Waals surface area contributed by atoms with Gasteiger partial charge in [-0.25, -0.2) is 4.39 Å². The van der Waals surface area contributed by atoms with Gasteiger partial charge in [0.05, 0.1) is 22.5 Å². The summed E-state index contributed by atoms with van der Waals surface area (Å²) < 4.78 is 14.5. The summed E-state index contributed by atoms with van der Waals surface area (Å²) in [7, 11) is 1.53. The molecule has 0 saturated carbocycles. The summed E-state index contributed by atoms with van der Waals surface area (Å²) in [5.74, 6) is -0.313.